The summed E-state index contributed by atoms with van der Waals surface area (Å²) in [7, 11) is -0.0439. The topological polar surface area (TPSA) is 264 Å². The number of benzene rings is 9. The van der Waals surface area contributed by atoms with E-state index in [1.807, 2.05) is 125 Å². The van der Waals surface area contributed by atoms with E-state index < -0.39 is 83.0 Å². The molecule has 0 aromatic heterocycles. The van der Waals surface area contributed by atoms with Crippen molar-refractivity contribution < 1.29 is 114 Å². The first-order chi connectivity index (χ1) is 61.4. The van der Waals surface area contributed by atoms with Crippen molar-refractivity contribution in [1.82, 2.24) is 0 Å². The summed E-state index contributed by atoms with van der Waals surface area (Å²) < 4.78 is 99.2. The van der Waals surface area contributed by atoms with Crippen molar-refractivity contribution in [2.45, 2.75) is 249 Å². The maximum Gasteiger partial charge on any atom is 0.415 e. The van der Waals surface area contributed by atoms with Gasteiger partial charge in [-0.25, -0.2) is 14.4 Å². The Balaban J connectivity index is -0.000000449. The van der Waals surface area contributed by atoms with Crippen LogP contribution >= 0.6 is 36.1 Å². The van der Waals surface area contributed by atoms with Gasteiger partial charge in [-0.2, -0.15) is 39.3 Å². The van der Waals surface area contributed by atoms with Gasteiger partial charge in [-0.05, 0) is 160 Å². The number of halogens is 6. The third kappa shape index (κ3) is 57.5. The smallest absolute Gasteiger partial charge is 0.415 e. The van der Waals surface area contributed by atoms with Crippen LogP contribution in [0, 0.1) is 11.8 Å². The average Bonchev–Trinajstić information content (AvgIpc) is 0.819. The lowest BCUT2D eigenvalue weighted by molar-refractivity contribution is -0.777. The van der Waals surface area contributed by atoms with Gasteiger partial charge >= 0.3 is 33.7 Å². The number of hydrogen-bond acceptors (Lipinski definition) is 21. The Labute approximate surface area is 768 Å². The van der Waals surface area contributed by atoms with Gasteiger partial charge in [0.05, 0.1) is 52.5 Å². The van der Waals surface area contributed by atoms with E-state index in [9.17, 15) is 51.2 Å². The molecule has 0 bridgehead atoms. The number of aliphatic hydroxyl groups is 3. The summed E-state index contributed by atoms with van der Waals surface area (Å²) in [6.45, 7) is 34.9. The first-order valence-electron chi connectivity index (χ1n) is 42.5. The molecule has 0 aliphatic heterocycles. The number of rotatable bonds is 34. The van der Waals surface area contributed by atoms with Crippen molar-refractivity contribution in [3.8, 4) is 0 Å². The number of alkyl halides is 6. The van der Waals surface area contributed by atoms with Gasteiger partial charge in [0.25, 0.3) is 0 Å². The molecule has 0 saturated heterocycles. The summed E-state index contributed by atoms with van der Waals surface area (Å²) in [6, 6.07) is 96.5. The van der Waals surface area contributed by atoms with Gasteiger partial charge in [-0.3, -0.25) is 15.1 Å². The third-order valence-electron chi connectivity index (χ3n) is 14.8. The number of carbonyl (C=O) groups is 3. The highest BCUT2D eigenvalue weighted by molar-refractivity contribution is 7.98. The second-order valence-corrected chi connectivity index (χ2v) is 31.0. The molecule has 0 atom stereocenters. The predicted octanol–water partition coefficient (Wildman–Crippen LogP) is 24.7. The Morgan fingerprint density at radius 1 is 0.294 bits per heavy atom. The largest absolute Gasteiger partial charge is 0.691 e. The van der Waals surface area contributed by atoms with Crippen molar-refractivity contribution in [2.24, 2.45) is 11.8 Å². The molecular weight excluding hydrogens is 1750 g/mol. The fourth-order valence-corrected chi connectivity index (χ4v) is 16.8. The number of hydrogen-bond donors (Lipinski definition) is 3. The minimum Gasteiger partial charge on any atom is -0.691 e. The molecule has 3 N–H and O–H groups in total. The zero-order chi connectivity index (χ0) is 95.9. The van der Waals surface area contributed by atoms with Gasteiger partial charge in [-0.1, -0.05) is 314 Å². The Morgan fingerprint density at radius 3 is 0.683 bits per heavy atom. The van der Waals surface area contributed by atoms with Crippen LogP contribution in [0.3, 0.4) is 0 Å². The lowest BCUT2D eigenvalue weighted by Crippen LogP contribution is -2.30. The van der Waals surface area contributed by atoms with E-state index in [1.165, 1.54) is 44.1 Å². The Bertz CT molecular complexity index is 3230. The molecule has 0 spiro atoms. The molecule has 1 aliphatic carbocycles. The van der Waals surface area contributed by atoms with E-state index >= 15 is 0 Å². The molecule has 1 fully saturated rings. The van der Waals surface area contributed by atoms with Crippen molar-refractivity contribution >= 4 is 86.7 Å². The third-order valence-corrected chi connectivity index (χ3v) is 23.0. The quantitative estimate of drug-likeness (QED) is 0.00494. The first-order valence-corrected chi connectivity index (χ1v) is 48.4. The molecule has 1 saturated carbocycles. The number of carbonyl (C=O) groups excluding carboxylic acids is 3. The molecule has 10 rings (SSSR count). The molecule has 9 aromatic carbocycles. The minimum atomic E-state index is -4.04. The maximum atomic E-state index is 13.0. The van der Waals surface area contributed by atoms with Gasteiger partial charge < -0.3 is 45.3 Å². The second kappa shape index (κ2) is 88.2. The summed E-state index contributed by atoms with van der Waals surface area (Å²) in [5.41, 5.74) is 0. The summed E-state index contributed by atoms with van der Waals surface area (Å²) in [4.78, 5) is 44.6. The van der Waals surface area contributed by atoms with Gasteiger partial charge in [-0.15, -0.1) is 0 Å². The molecule has 126 heavy (non-hydrogen) atoms. The minimum absolute atomic E-state index is 0.0146. The van der Waals surface area contributed by atoms with Crippen molar-refractivity contribution in [3.05, 3.63) is 273 Å². The molecule has 0 amide bonds. The Hall–Kier alpha value is -7.41. The van der Waals surface area contributed by atoms with Crippen molar-refractivity contribution in [3.63, 3.8) is 0 Å². The van der Waals surface area contributed by atoms with E-state index in [0.717, 1.165) is 57.8 Å². The monoisotopic (exact) mass is 1880 g/mol. The van der Waals surface area contributed by atoms with E-state index in [2.05, 4.69) is 315 Å². The van der Waals surface area contributed by atoms with Gasteiger partial charge in [0.2, 0.25) is 0 Å². The van der Waals surface area contributed by atoms with E-state index in [1.54, 1.807) is 0 Å². The fraction of sp³-hybridized carbons (Fsp3) is 0.406. The zero-order valence-electron chi connectivity index (χ0n) is 76.1. The predicted molar refractivity (Wildman–Crippen MR) is 498 cm³/mol. The lowest BCUT2D eigenvalue weighted by atomic mass is 9.83. The SMILES string of the molecule is CC.CC.CC.CC.CC.CC.CC.CC.CC.O=C(OCC1CCC(CO)CC1)C(F)(F)SOO[O-].O=C(OCCCCCCCCO)C(F)(F)SOO[O-].O=C(OCCO)C(F)(F)SOO[O-].c1ccc([S+](c2ccccc2)c2ccccc2)cc1.c1ccc([S+](c2ccccc2)c2ccccc2)cc1.c1ccc([S+](c2ccccc2)c2ccccc2)cc1. The molecule has 1 aliphatic rings. The van der Waals surface area contributed by atoms with Crippen LogP contribution in [0.5, 0.6) is 0 Å². The summed E-state index contributed by atoms with van der Waals surface area (Å²) in [5, 5.41) is 49.6. The lowest BCUT2D eigenvalue weighted by Gasteiger charge is -2.27. The van der Waals surface area contributed by atoms with Gasteiger partial charge in [0.15, 0.2) is 44.1 Å². The second-order valence-electron chi connectivity index (χ2n) is 22.5. The molecular formula is C96H136F6O18S6. The van der Waals surface area contributed by atoms with Crippen molar-refractivity contribution in [2.75, 3.05) is 39.6 Å². The van der Waals surface area contributed by atoms with Crippen molar-refractivity contribution in [1.29, 1.82) is 0 Å². The highest BCUT2D eigenvalue weighted by Crippen LogP contribution is 2.37. The van der Waals surface area contributed by atoms with Crippen LogP contribution in [-0.4, -0.2) is 88.6 Å². The number of unbranched alkanes of at least 4 members (excludes halogenated alkanes) is 5. The maximum absolute atomic E-state index is 13.0. The standard InChI is InChI=1S/3C18H15S.C10H16F2O6S.C10H18F2O6S.C4H6F2O6S.9C2H6/c3*1-4-10-16(11-5-1)19(17-12-6-2-7-13-17)18-14-8-3-9-15-18;11-10(12,19-18-17-15)9(14)16-6-8-3-1-7(5-13)2-4-8;11-10(12,19-18-17-15)9(14)16-8-6-4-2-1-3-5-7-13;5-4(6,13-12-11-9)3(8)10-2-1-7;9*1-2/h3*1-15H;7-8,13,15H,1-6H2;13,15H,1-8H2;7,9H,1-2H2;9*1-2H3/q3*+1;;;;;;;;;;;;/p-3. The Morgan fingerprint density at radius 2 is 0.484 bits per heavy atom. The van der Waals surface area contributed by atoms with Crippen LogP contribution in [0.4, 0.5) is 26.3 Å². The molecule has 18 nitrogen and oxygen atoms in total. The average molecular weight is 1880 g/mol. The fourth-order valence-electron chi connectivity index (χ4n) is 9.76. The molecule has 30 heteroatoms. The van der Waals surface area contributed by atoms with E-state index in [-0.39, 0.29) is 70.9 Å². The number of aliphatic hydroxyl groups excluding tert-OH is 3. The summed E-state index contributed by atoms with van der Waals surface area (Å²) in [6.07, 6.45) is 7.73. The highest BCUT2D eigenvalue weighted by Gasteiger charge is 2.46. The first kappa shape index (κ1) is 127. The normalized spacial score (nSPS) is 11.8. The van der Waals surface area contributed by atoms with Gasteiger partial charge in [0.1, 0.15) is 42.7 Å². The zero-order valence-corrected chi connectivity index (χ0v) is 81.0. The molecule has 706 valence electrons. The molecule has 0 heterocycles. The van der Waals surface area contributed by atoms with Crippen LogP contribution in [0.2, 0.25) is 0 Å². The van der Waals surface area contributed by atoms with Crippen LogP contribution < -0.4 is 15.8 Å². The van der Waals surface area contributed by atoms with Crippen LogP contribution in [-0.2, 0) is 89.4 Å². The van der Waals surface area contributed by atoms with Crippen LogP contribution in [0.25, 0.3) is 0 Å². The van der Waals surface area contributed by atoms with E-state index in [4.69, 9.17) is 20.6 Å². The highest BCUT2D eigenvalue weighted by atomic mass is 32.2. The summed E-state index contributed by atoms with van der Waals surface area (Å²) >= 11 is -2.19. The number of esters is 3. The van der Waals surface area contributed by atoms with Crippen LogP contribution in [0.15, 0.2) is 317 Å². The summed E-state index contributed by atoms with van der Waals surface area (Å²) in [5.74, 6) is -5.20. The molecule has 0 unspecified atom stereocenters. The van der Waals surface area contributed by atoms with Gasteiger partial charge in [0, 0.05) is 13.2 Å². The molecule has 0 radical (unpaired) electrons. The molecule has 9 aromatic rings. The number of ether oxygens (including phenoxy) is 3. The van der Waals surface area contributed by atoms with Crippen LogP contribution in [0.1, 0.15) is 189 Å². The Kier molecular flexibility index (Phi) is 89.0. The van der Waals surface area contributed by atoms with E-state index in [0.29, 0.717) is 6.42 Å².